The van der Waals surface area contributed by atoms with Gasteiger partial charge >= 0.3 is 5.69 Å². The van der Waals surface area contributed by atoms with Gasteiger partial charge in [-0.2, -0.15) is 4.98 Å². The smallest absolute Gasteiger partial charge is 0.312 e. The lowest BCUT2D eigenvalue weighted by Crippen LogP contribution is -2.38. The molecule has 3 heterocycles. The van der Waals surface area contributed by atoms with Crippen LogP contribution in [0.2, 0.25) is 5.02 Å². The van der Waals surface area contributed by atoms with Crippen molar-refractivity contribution in [1.29, 1.82) is 0 Å². The van der Waals surface area contributed by atoms with E-state index in [-0.39, 0.29) is 11.2 Å². The van der Waals surface area contributed by atoms with Gasteiger partial charge in [0.1, 0.15) is 0 Å². The normalized spacial score (nSPS) is 14.2. The topological polar surface area (TPSA) is 65.1 Å². The second-order valence-electron chi connectivity index (χ2n) is 6.38. The first-order valence-corrected chi connectivity index (χ1v) is 8.48. The predicted octanol–water partition coefficient (Wildman–Crippen LogP) is 1.94. The van der Waals surface area contributed by atoms with Crippen molar-refractivity contribution in [2.24, 2.45) is 14.1 Å². The number of halogens is 1. The quantitative estimate of drug-likeness (QED) is 0.666. The van der Waals surface area contributed by atoms with Crippen LogP contribution in [0.4, 0.5) is 11.6 Å². The highest BCUT2D eigenvalue weighted by molar-refractivity contribution is 6.31. The molecule has 130 valence electrons. The van der Waals surface area contributed by atoms with Gasteiger partial charge in [-0.25, -0.2) is 4.79 Å². The molecule has 0 aliphatic carbocycles. The van der Waals surface area contributed by atoms with Crippen LogP contribution in [0.5, 0.6) is 0 Å². The third kappa shape index (κ3) is 2.22. The molecule has 0 spiro atoms. The second-order valence-corrected chi connectivity index (χ2v) is 6.79. The Morgan fingerprint density at radius 2 is 1.88 bits per heavy atom. The number of rotatable bonds is 1. The molecule has 0 atom stereocenters. The Morgan fingerprint density at radius 3 is 2.60 bits per heavy atom. The van der Waals surface area contributed by atoms with Crippen molar-refractivity contribution in [3.63, 3.8) is 0 Å². The molecular weight excluding hydrogens is 342 g/mol. The van der Waals surface area contributed by atoms with E-state index < -0.39 is 0 Å². The Bertz CT molecular complexity index is 1120. The molecule has 0 N–H and O–H groups in total. The van der Waals surface area contributed by atoms with Crippen LogP contribution < -0.4 is 16.1 Å². The number of hydrogen-bond donors (Lipinski definition) is 0. The minimum Gasteiger partial charge on any atom is -0.312 e. The summed E-state index contributed by atoms with van der Waals surface area (Å²) in [4.78, 5) is 31.5. The fraction of sp³-hybridized carbons (Fsp3) is 0.353. The highest BCUT2D eigenvalue weighted by Gasteiger charge is 2.26. The number of benzene rings is 1. The van der Waals surface area contributed by atoms with Crippen molar-refractivity contribution in [1.82, 2.24) is 18.7 Å². The molecule has 0 saturated heterocycles. The van der Waals surface area contributed by atoms with Gasteiger partial charge in [0.2, 0.25) is 5.95 Å². The van der Waals surface area contributed by atoms with E-state index >= 15 is 0 Å². The minimum atomic E-state index is -0.377. The largest absolute Gasteiger partial charge is 0.332 e. The van der Waals surface area contributed by atoms with E-state index in [1.165, 1.54) is 11.6 Å². The lowest BCUT2D eigenvalue weighted by molar-refractivity contribution is 0.600. The summed E-state index contributed by atoms with van der Waals surface area (Å²) in [6.07, 6.45) is 0.871. The number of anilines is 2. The summed E-state index contributed by atoms with van der Waals surface area (Å²) in [5, 5.41) is 0.689. The Kier molecular flexibility index (Phi) is 3.50. The maximum Gasteiger partial charge on any atom is 0.332 e. The SMILES string of the molecule is Cc1ccc(N2CCCn3c2nc2c3c(=O)n(C)c(=O)n2C)cc1Cl. The predicted molar refractivity (Wildman–Crippen MR) is 98.0 cm³/mol. The van der Waals surface area contributed by atoms with E-state index in [1.807, 2.05) is 34.6 Å². The molecule has 1 aromatic carbocycles. The van der Waals surface area contributed by atoms with Crippen LogP contribution in [0.15, 0.2) is 27.8 Å². The van der Waals surface area contributed by atoms with Gasteiger partial charge < -0.3 is 9.47 Å². The van der Waals surface area contributed by atoms with Crippen LogP contribution in [-0.2, 0) is 20.6 Å². The standard InChI is InChI=1S/C17H18ClN5O2/c1-10-5-6-11(9-12(10)18)22-7-4-8-23-13-14(19-16(22)23)20(2)17(25)21(3)15(13)24/h5-6,9H,4,7-8H2,1-3H3. The molecule has 0 saturated carbocycles. The van der Waals surface area contributed by atoms with Crippen LogP contribution in [0.25, 0.3) is 11.2 Å². The molecule has 1 aliphatic heterocycles. The van der Waals surface area contributed by atoms with E-state index in [1.54, 1.807) is 7.05 Å². The Hall–Kier alpha value is -2.54. The van der Waals surface area contributed by atoms with E-state index in [0.717, 1.165) is 28.8 Å². The van der Waals surface area contributed by atoms with Gasteiger partial charge in [-0.05, 0) is 31.0 Å². The van der Waals surface area contributed by atoms with Crippen LogP contribution >= 0.6 is 11.6 Å². The number of imidazole rings is 1. The molecule has 0 radical (unpaired) electrons. The monoisotopic (exact) mass is 359 g/mol. The third-order valence-electron chi connectivity index (χ3n) is 4.80. The Labute approximate surface area is 148 Å². The van der Waals surface area contributed by atoms with Crippen LogP contribution in [-0.4, -0.2) is 25.2 Å². The first-order chi connectivity index (χ1) is 11.9. The molecule has 0 amide bonds. The van der Waals surface area contributed by atoms with Gasteiger partial charge in [0.25, 0.3) is 5.56 Å². The molecule has 2 aromatic heterocycles. The molecule has 0 unspecified atom stereocenters. The fourth-order valence-corrected chi connectivity index (χ4v) is 3.51. The van der Waals surface area contributed by atoms with E-state index in [9.17, 15) is 9.59 Å². The van der Waals surface area contributed by atoms with E-state index in [2.05, 4.69) is 4.98 Å². The number of nitrogens with zero attached hydrogens (tertiary/aromatic N) is 5. The van der Waals surface area contributed by atoms with Crippen molar-refractivity contribution in [3.8, 4) is 0 Å². The summed E-state index contributed by atoms with van der Waals surface area (Å²) in [7, 11) is 3.13. The summed E-state index contributed by atoms with van der Waals surface area (Å²) in [6, 6.07) is 5.87. The van der Waals surface area contributed by atoms with Crippen molar-refractivity contribution < 1.29 is 0 Å². The number of hydrogen-bond acceptors (Lipinski definition) is 4. The molecule has 4 rings (SSSR count). The Morgan fingerprint density at radius 1 is 1.12 bits per heavy atom. The van der Waals surface area contributed by atoms with E-state index in [4.69, 9.17) is 11.6 Å². The van der Waals surface area contributed by atoms with Gasteiger partial charge in [0.15, 0.2) is 11.2 Å². The van der Waals surface area contributed by atoms with Crippen LogP contribution in [0, 0.1) is 6.92 Å². The zero-order valence-electron chi connectivity index (χ0n) is 14.3. The van der Waals surface area contributed by atoms with Crippen molar-refractivity contribution in [3.05, 3.63) is 49.6 Å². The van der Waals surface area contributed by atoms with Crippen molar-refractivity contribution in [2.45, 2.75) is 19.9 Å². The zero-order valence-corrected chi connectivity index (χ0v) is 15.0. The maximum atomic E-state index is 12.6. The molecule has 0 bridgehead atoms. The molecular formula is C17H18ClN5O2. The second kappa shape index (κ2) is 5.49. The van der Waals surface area contributed by atoms with Crippen molar-refractivity contribution >= 4 is 34.4 Å². The Balaban J connectivity index is 2.01. The summed E-state index contributed by atoms with van der Waals surface area (Å²) >= 11 is 6.28. The zero-order chi connectivity index (χ0) is 17.9. The first kappa shape index (κ1) is 16.0. The molecule has 8 heteroatoms. The summed E-state index contributed by atoms with van der Waals surface area (Å²) < 4.78 is 4.44. The lowest BCUT2D eigenvalue weighted by Gasteiger charge is -2.29. The maximum absolute atomic E-state index is 12.6. The van der Waals surface area contributed by atoms with E-state index in [0.29, 0.717) is 28.7 Å². The van der Waals surface area contributed by atoms with Gasteiger partial charge in [0, 0.05) is 37.9 Å². The van der Waals surface area contributed by atoms with Crippen LogP contribution in [0.1, 0.15) is 12.0 Å². The molecule has 25 heavy (non-hydrogen) atoms. The highest BCUT2D eigenvalue weighted by atomic mass is 35.5. The lowest BCUT2D eigenvalue weighted by atomic mass is 10.2. The number of aryl methyl sites for hydroxylation is 3. The van der Waals surface area contributed by atoms with Gasteiger partial charge in [0.05, 0.1) is 0 Å². The number of fused-ring (bicyclic) bond motifs is 3. The average Bonchev–Trinajstić information content (AvgIpc) is 3.00. The van der Waals surface area contributed by atoms with Gasteiger partial charge in [-0.1, -0.05) is 17.7 Å². The average molecular weight is 360 g/mol. The first-order valence-electron chi connectivity index (χ1n) is 8.10. The molecule has 0 fully saturated rings. The summed E-state index contributed by atoms with van der Waals surface area (Å²) in [5.74, 6) is 0.666. The summed E-state index contributed by atoms with van der Waals surface area (Å²) in [5.41, 5.74) is 2.11. The van der Waals surface area contributed by atoms with Crippen molar-refractivity contribution in [2.75, 3.05) is 11.4 Å². The summed E-state index contributed by atoms with van der Waals surface area (Å²) in [6.45, 7) is 3.42. The van der Waals surface area contributed by atoms with Crippen LogP contribution in [0.3, 0.4) is 0 Å². The fourth-order valence-electron chi connectivity index (χ4n) is 3.33. The molecule has 1 aliphatic rings. The minimum absolute atomic E-state index is 0.319. The van der Waals surface area contributed by atoms with Gasteiger partial charge in [-0.15, -0.1) is 0 Å². The van der Waals surface area contributed by atoms with Gasteiger partial charge in [-0.3, -0.25) is 13.9 Å². The molecule has 7 nitrogen and oxygen atoms in total. The molecule has 3 aromatic rings. The number of aromatic nitrogens is 4. The third-order valence-corrected chi connectivity index (χ3v) is 5.21. The highest BCUT2D eigenvalue weighted by Crippen LogP contribution is 2.32.